The van der Waals surface area contributed by atoms with Crippen LogP contribution in [0.15, 0.2) is 124 Å². The van der Waals surface area contributed by atoms with E-state index in [2.05, 4.69) is 0 Å². The second-order valence-corrected chi connectivity index (χ2v) is 14.9. The van der Waals surface area contributed by atoms with Crippen molar-refractivity contribution in [3.8, 4) is 11.5 Å². The molecule has 0 heterocycles. The summed E-state index contributed by atoms with van der Waals surface area (Å²) in [7, 11) is 0. The van der Waals surface area contributed by atoms with E-state index in [4.69, 9.17) is 36.5 Å². The molecule has 8 rings (SSSR count). The molecule has 1 unspecified atom stereocenters. The zero-order valence-electron chi connectivity index (χ0n) is 33.5. The minimum Gasteiger partial charge on any atom is -0.750 e. The topological polar surface area (TPSA) is 278 Å². The number of benzene rings is 4. The van der Waals surface area contributed by atoms with Gasteiger partial charge in [-0.15, -0.1) is 0 Å². The number of hydrogen-bond donors (Lipinski definition) is 5. The first-order valence-electron chi connectivity index (χ1n) is 18.3. The maximum atomic E-state index is 11.9. The highest BCUT2D eigenvalue weighted by Gasteiger charge is 2.35. The molecule has 0 fully saturated rings. The highest BCUT2D eigenvalue weighted by Crippen LogP contribution is 2.39. The van der Waals surface area contributed by atoms with E-state index in [9.17, 15) is 58.8 Å². The number of allylic oxidation sites excluding steroid dienone is 8. The summed E-state index contributed by atoms with van der Waals surface area (Å²) in [6, 6.07) is 22.5. The van der Waals surface area contributed by atoms with E-state index in [1.54, 1.807) is 54.6 Å². The molecule has 0 amide bonds. The van der Waals surface area contributed by atoms with Gasteiger partial charge in [-0.1, -0.05) is 108 Å². The van der Waals surface area contributed by atoms with Gasteiger partial charge in [-0.05, 0) is 56.5 Å². The van der Waals surface area contributed by atoms with E-state index in [1.807, 2.05) is 39.0 Å². The fourth-order valence-electron chi connectivity index (χ4n) is 6.17. The van der Waals surface area contributed by atoms with Gasteiger partial charge in [0.2, 0.25) is 46.3 Å². The first-order valence-corrected chi connectivity index (χ1v) is 20.1. The van der Waals surface area contributed by atoms with Crippen LogP contribution in [-0.2, 0) is 25.7 Å². The normalized spacial score (nSPS) is 15.1. The van der Waals surface area contributed by atoms with Crippen molar-refractivity contribution >= 4 is 97.9 Å². The maximum absolute atomic E-state index is 11.9. The van der Waals surface area contributed by atoms with E-state index in [1.165, 1.54) is 12.1 Å². The van der Waals surface area contributed by atoms with Crippen molar-refractivity contribution in [1.29, 1.82) is 0 Å². The molecule has 0 aromatic heterocycles. The van der Waals surface area contributed by atoms with Crippen molar-refractivity contribution in [2.45, 2.75) is 27.2 Å². The van der Waals surface area contributed by atoms with Gasteiger partial charge in [0.1, 0.15) is 33.1 Å². The minimum atomic E-state index is -2.86. The molecule has 5 N–H and O–H groups in total. The lowest BCUT2D eigenvalue weighted by atomic mass is 9.87. The van der Waals surface area contributed by atoms with E-state index in [0.717, 1.165) is 34.9 Å². The summed E-state index contributed by atoms with van der Waals surface area (Å²) in [5.41, 5.74) is 4.24. The van der Waals surface area contributed by atoms with Crippen LogP contribution in [-0.4, -0.2) is 80.0 Å². The number of rotatable bonds is 2. The number of fused-ring (bicyclic) bond motifs is 4. The van der Waals surface area contributed by atoms with Gasteiger partial charge in [0.05, 0.1) is 22.5 Å². The molecule has 1 atom stereocenters. The van der Waals surface area contributed by atoms with Gasteiger partial charge in [0.25, 0.3) is 0 Å². The molecule has 64 heavy (non-hydrogen) atoms. The molecular weight excluding hydrogens is 895 g/mol. The highest BCUT2D eigenvalue weighted by atomic mass is 35.5. The molecule has 4 aromatic carbocycles. The third kappa shape index (κ3) is 11.0. The number of carbonyl (C=O) groups is 8. The number of halogens is 2. The number of hydrogen-bond acceptors (Lipinski definition) is 14. The smallest absolute Gasteiger partial charge is 0.234 e. The van der Waals surface area contributed by atoms with Crippen LogP contribution in [0.1, 0.15) is 95.7 Å². The van der Waals surface area contributed by atoms with Crippen LogP contribution in [0.4, 0.5) is 0 Å². The van der Waals surface area contributed by atoms with Crippen molar-refractivity contribution in [2.24, 2.45) is 0 Å². The van der Waals surface area contributed by atoms with Crippen LogP contribution in [0, 0.1) is 0 Å². The van der Waals surface area contributed by atoms with Gasteiger partial charge < -0.3 is 29.5 Å². The number of aromatic hydroxyl groups is 2. The summed E-state index contributed by atoms with van der Waals surface area (Å²) >= 11 is 8.24. The van der Waals surface area contributed by atoms with Crippen LogP contribution in [0.3, 0.4) is 0 Å². The molecule has 0 bridgehead atoms. The third-order valence-corrected chi connectivity index (χ3v) is 10.0. The molecule has 4 aliphatic carbocycles. The van der Waals surface area contributed by atoms with Gasteiger partial charge in [-0.2, -0.15) is 0 Å². The van der Waals surface area contributed by atoms with E-state index in [0.29, 0.717) is 16.7 Å². The average Bonchev–Trinajstić information content (AvgIpc) is 3.26. The fourth-order valence-corrected chi connectivity index (χ4v) is 6.53. The standard InChI is InChI=1S/C15H14O3.C11H8O2.C10H4Cl2O4.C10H6O3.H2O3S/c1-9(2)7-8-12-13(16)10-5-3-4-6-11(10)14(17)15(12)18;1-7-6-10(12)11(13)9-5-3-2-4-8(7)9;11-7-8(12)10(16)6-4(14)2-1-3(13)5(6)9(7)15;11-8-5-9(12)10(13)7-4-2-1-3-6(7)8;1-4(2)3/h3-7,16H,8H2,1-2H3;2-6H,1H3;1-2,13-14H;1-5,11H;(H2,1,2,3)/p-1. The SMILES string of the molecule is CC(C)=CCC1=C(O)c2ccccc2C(=O)C1=O.CC1=CC(=O)C(=O)c2ccccc21.O=C1C(Cl)=C(Cl)C(=O)c2c(O)ccc(O)c21.O=C1C=C(O)c2ccccc2C1=O.O=S([O-])O. The summed E-state index contributed by atoms with van der Waals surface area (Å²) < 4.78 is 24.1. The Balaban J connectivity index is 0.000000183. The summed E-state index contributed by atoms with van der Waals surface area (Å²) in [6.45, 7) is 5.64. The van der Waals surface area contributed by atoms with Gasteiger partial charge in [0, 0.05) is 39.5 Å². The van der Waals surface area contributed by atoms with Gasteiger partial charge >= 0.3 is 0 Å². The predicted octanol–water partition coefficient (Wildman–Crippen LogP) is 7.79. The molecule has 0 aliphatic heterocycles. The summed E-state index contributed by atoms with van der Waals surface area (Å²) in [5.74, 6) is -5.83. The Morgan fingerprint density at radius 1 is 0.562 bits per heavy atom. The van der Waals surface area contributed by atoms with Crippen LogP contribution < -0.4 is 0 Å². The largest absolute Gasteiger partial charge is 0.750 e. The Labute approximate surface area is 376 Å². The molecule has 4 aromatic rings. The van der Waals surface area contributed by atoms with Crippen LogP contribution in [0.2, 0.25) is 0 Å². The first-order chi connectivity index (χ1) is 30.1. The molecule has 0 saturated heterocycles. The van der Waals surface area contributed by atoms with Crippen molar-refractivity contribution < 1.29 is 72.1 Å². The number of carbonyl (C=O) groups excluding carboxylic acids is 8. The number of Topliss-reactive ketones (excluding diaryl/α,β-unsaturated/α-hetero) is 6. The average molecular weight is 929 g/mol. The van der Waals surface area contributed by atoms with Crippen molar-refractivity contribution in [2.75, 3.05) is 0 Å². The lowest BCUT2D eigenvalue weighted by Crippen LogP contribution is -2.23. The summed E-state index contributed by atoms with van der Waals surface area (Å²) in [4.78, 5) is 91.9. The molecule has 18 heteroatoms. The Bertz CT molecular complexity index is 2740. The molecule has 328 valence electrons. The first kappa shape index (κ1) is 49.4. The molecule has 4 aliphatic rings. The van der Waals surface area contributed by atoms with E-state index < -0.39 is 79.2 Å². The molecule has 15 nitrogen and oxygen atoms in total. The van der Waals surface area contributed by atoms with Crippen LogP contribution in [0.5, 0.6) is 11.5 Å². The quantitative estimate of drug-likeness (QED) is 0.0555. The number of aliphatic hydroxyl groups excluding tert-OH is 2. The maximum Gasteiger partial charge on any atom is 0.234 e. The molecule has 0 spiro atoms. The Kier molecular flexibility index (Phi) is 16.4. The lowest BCUT2D eigenvalue weighted by molar-refractivity contribution is -0.112. The zero-order valence-corrected chi connectivity index (χ0v) is 35.8. The molecule has 0 radical (unpaired) electrons. The second kappa shape index (κ2) is 21.2. The Morgan fingerprint density at radius 2 is 0.938 bits per heavy atom. The summed E-state index contributed by atoms with van der Waals surface area (Å²) in [6.07, 6.45) is 4.45. The van der Waals surface area contributed by atoms with Gasteiger partial charge in [0.15, 0.2) is 0 Å². The Morgan fingerprint density at radius 3 is 1.39 bits per heavy atom. The third-order valence-electron chi connectivity index (χ3n) is 9.22. The second-order valence-electron chi connectivity index (χ2n) is 13.7. The number of aliphatic hydroxyl groups is 2. The number of phenols is 2. The highest BCUT2D eigenvalue weighted by molar-refractivity contribution is 7.73. The monoisotopic (exact) mass is 927 g/mol. The van der Waals surface area contributed by atoms with E-state index in [-0.39, 0.29) is 45.8 Å². The van der Waals surface area contributed by atoms with E-state index >= 15 is 0 Å². The Hall–Kier alpha value is -7.21. The van der Waals surface area contributed by atoms with Gasteiger partial charge in [-0.25, -0.2) is 4.21 Å². The zero-order chi connectivity index (χ0) is 47.7. The molecular formula is C46H33Cl2O15S-. The summed E-state index contributed by atoms with van der Waals surface area (Å²) in [5, 5.41) is 37.4. The van der Waals surface area contributed by atoms with Gasteiger partial charge in [-0.3, -0.25) is 38.4 Å². The number of phenolic OH excluding ortho intramolecular Hbond substituents is 2. The van der Waals surface area contributed by atoms with Crippen LogP contribution >= 0.6 is 23.2 Å². The predicted molar refractivity (Wildman–Crippen MR) is 234 cm³/mol. The molecule has 0 saturated carbocycles. The van der Waals surface area contributed by atoms with Crippen LogP contribution in [0.25, 0.3) is 17.1 Å². The minimum absolute atomic E-state index is 0.0762. The van der Waals surface area contributed by atoms with Crippen molar-refractivity contribution in [3.05, 3.63) is 169 Å². The van der Waals surface area contributed by atoms with Crippen molar-refractivity contribution in [1.82, 2.24) is 0 Å². The van der Waals surface area contributed by atoms with Crippen molar-refractivity contribution in [3.63, 3.8) is 0 Å². The number of ketones is 8. The fraction of sp³-hybridized carbons (Fsp3) is 0.0870. The lowest BCUT2D eigenvalue weighted by Gasteiger charge is -2.16.